The van der Waals surface area contributed by atoms with Crippen LogP contribution in [-0.2, 0) is 14.3 Å². The normalized spacial score (nSPS) is 12.4. The predicted molar refractivity (Wildman–Crippen MR) is 172 cm³/mol. The number of nitrogens with one attached hydrogen (secondary N) is 1. The molecule has 0 unspecified atom stereocenters. The summed E-state index contributed by atoms with van der Waals surface area (Å²) in [5.74, 6) is -0.688. The molecule has 2 heterocycles. The number of alkyl carbamates (subject to hydrolysis) is 1. The number of benzene rings is 2. The van der Waals surface area contributed by atoms with Crippen LogP contribution in [0, 0.1) is 6.92 Å². The van der Waals surface area contributed by atoms with E-state index in [1.165, 1.54) is 0 Å². The highest BCUT2D eigenvalue weighted by molar-refractivity contribution is 6.30. The molecule has 0 fully saturated rings. The minimum Gasteiger partial charge on any atom is -0.460 e. The topological polar surface area (TPSA) is 126 Å². The highest BCUT2D eigenvalue weighted by Gasteiger charge is 2.32. The van der Waals surface area contributed by atoms with E-state index in [1.54, 1.807) is 108 Å². The number of aryl methyl sites for hydroxylation is 1. The number of nitrogens with zero attached hydrogens (tertiary/aromatic N) is 3. The highest BCUT2D eigenvalue weighted by atomic mass is 35.5. The lowest BCUT2D eigenvalue weighted by molar-refractivity contribution is -0.155. The molecular formula is C34H37ClN4O6. The summed E-state index contributed by atoms with van der Waals surface area (Å²) >= 11 is 6.10. The van der Waals surface area contributed by atoms with E-state index in [9.17, 15) is 14.4 Å². The number of ether oxygens (including phenoxy) is 2. The van der Waals surface area contributed by atoms with Gasteiger partial charge in [0.25, 0.3) is 0 Å². The molecule has 2 aromatic heterocycles. The van der Waals surface area contributed by atoms with Crippen molar-refractivity contribution in [3.05, 3.63) is 89.0 Å². The zero-order valence-electron chi connectivity index (χ0n) is 26.4. The Balaban J connectivity index is 1.87. The molecule has 0 aliphatic rings. The molecule has 4 rings (SSSR count). The van der Waals surface area contributed by atoms with Gasteiger partial charge in [0.1, 0.15) is 17.2 Å². The van der Waals surface area contributed by atoms with Gasteiger partial charge in [-0.1, -0.05) is 35.5 Å². The highest BCUT2D eigenvalue weighted by Crippen LogP contribution is 2.38. The molecule has 10 nitrogen and oxygen atoms in total. The second-order valence-corrected chi connectivity index (χ2v) is 12.9. The van der Waals surface area contributed by atoms with E-state index in [4.69, 9.17) is 25.6 Å². The van der Waals surface area contributed by atoms with Crippen molar-refractivity contribution in [2.45, 2.75) is 72.1 Å². The number of hydrogen-bond donors (Lipinski definition) is 1. The summed E-state index contributed by atoms with van der Waals surface area (Å²) in [6, 6.07) is 10.9. The van der Waals surface area contributed by atoms with Crippen LogP contribution in [0.2, 0.25) is 5.02 Å². The molecule has 0 saturated heterocycles. The average molecular weight is 633 g/mol. The number of carbonyl (C=O) groups is 3. The van der Waals surface area contributed by atoms with Crippen molar-refractivity contribution < 1.29 is 28.4 Å². The zero-order chi connectivity index (χ0) is 33.1. The molecular weight excluding hydrogens is 596 g/mol. The molecule has 1 amide bonds. The van der Waals surface area contributed by atoms with Gasteiger partial charge in [-0.25, -0.2) is 9.48 Å². The fraction of sp³-hybridized carbons (Fsp3) is 0.324. The van der Waals surface area contributed by atoms with E-state index >= 15 is 0 Å². The second-order valence-electron chi connectivity index (χ2n) is 12.5. The fourth-order valence-electron chi connectivity index (χ4n) is 4.64. The Kier molecular flexibility index (Phi) is 9.68. The maximum atomic E-state index is 14.1. The standard InChI is InChI=1S/C34H37ClN4O6/c1-9-39-19-23(18-36-39)22-12-15-25(26(16-22)30(41)21-10-13-24(35)14-11-21)29-20(2)38-45-31(29)27(17-28(40)43-33(3,4)5)37-32(42)44-34(6,7)8/h9-16,18-19,27H,1,17H2,2-8H3,(H,37,42)/t27-/m0/s1. The summed E-state index contributed by atoms with van der Waals surface area (Å²) in [6.07, 6.45) is 3.98. The van der Waals surface area contributed by atoms with Crippen molar-refractivity contribution in [1.29, 1.82) is 0 Å². The molecule has 45 heavy (non-hydrogen) atoms. The summed E-state index contributed by atoms with van der Waals surface area (Å²) in [4.78, 5) is 40.1. The van der Waals surface area contributed by atoms with Gasteiger partial charge in [-0.15, -0.1) is 0 Å². The van der Waals surface area contributed by atoms with Gasteiger partial charge in [0.05, 0.1) is 23.9 Å². The first kappa shape index (κ1) is 33.2. The number of carbonyl (C=O) groups excluding carboxylic acids is 3. The molecule has 1 N–H and O–H groups in total. The van der Waals surface area contributed by atoms with Crippen molar-refractivity contribution in [3.8, 4) is 22.3 Å². The Morgan fingerprint density at radius 2 is 1.69 bits per heavy atom. The van der Waals surface area contributed by atoms with Crippen molar-refractivity contribution in [2.24, 2.45) is 0 Å². The third kappa shape index (κ3) is 8.48. The van der Waals surface area contributed by atoms with Crippen molar-refractivity contribution in [2.75, 3.05) is 0 Å². The Bertz CT molecular complexity index is 1690. The van der Waals surface area contributed by atoms with Crippen LogP contribution in [0.5, 0.6) is 0 Å². The molecule has 0 radical (unpaired) electrons. The van der Waals surface area contributed by atoms with Crippen molar-refractivity contribution in [3.63, 3.8) is 0 Å². The summed E-state index contributed by atoms with van der Waals surface area (Å²) in [6.45, 7) is 15.9. The van der Waals surface area contributed by atoms with Crippen LogP contribution in [-0.4, -0.2) is 44.0 Å². The lowest BCUT2D eigenvalue weighted by atomic mass is 9.89. The number of esters is 1. The predicted octanol–water partition coefficient (Wildman–Crippen LogP) is 7.80. The number of rotatable bonds is 9. The quantitative estimate of drug-likeness (QED) is 0.146. The van der Waals surface area contributed by atoms with E-state index in [0.29, 0.717) is 33.0 Å². The van der Waals surface area contributed by atoms with Gasteiger partial charge < -0.3 is 19.3 Å². The smallest absolute Gasteiger partial charge is 0.408 e. The van der Waals surface area contributed by atoms with E-state index in [0.717, 1.165) is 11.1 Å². The summed E-state index contributed by atoms with van der Waals surface area (Å²) in [5, 5.41) is 11.7. The van der Waals surface area contributed by atoms with Crippen LogP contribution in [0.1, 0.15) is 81.4 Å². The Morgan fingerprint density at radius 3 is 2.29 bits per heavy atom. The van der Waals surface area contributed by atoms with Crippen LogP contribution in [0.25, 0.3) is 28.5 Å². The Morgan fingerprint density at radius 1 is 1.02 bits per heavy atom. The SMILES string of the molecule is C=Cn1cc(-c2ccc(-c3c(C)noc3[C@H](CC(=O)OC(C)(C)C)NC(=O)OC(C)(C)C)c(C(=O)c3ccc(Cl)cc3)c2)cn1. The van der Waals surface area contributed by atoms with E-state index in [1.807, 2.05) is 6.07 Å². The number of ketones is 1. The molecule has 1 atom stereocenters. The molecule has 4 aromatic rings. The van der Waals surface area contributed by atoms with Crippen LogP contribution >= 0.6 is 11.6 Å². The number of amides is 1. The van der Waals surface area contributed by atoms with Gasteiger partial charge in [-0.2, -0.15) is 5.10 Å². The summed E-state index contributed by atoms with van der Waals surface area (Å²) < 4.78 is 18.4. The number of aromatic nitrogens is 3. The van der Waals surface area contributed by atoms with Crippen LogP contribution < -0.4 is 5.32 Å². The minimum absolute atomic E-state index is 0.168. The molecule has 11 heteroatoms. The van der Waals surface area contributed by atoms with E-state index in [-0.39, 0.29) is 18.0 Å². The molecule has 0 saturated carbocycles. The lowest BCUT2D eigenvalue weighted by Crippen LogP contribution is -2.36. The Labute approximate surface area is 267 Å². The molecule has 0 aliphatic heterocycles. The first-order valence-corrected chi connectivity index (χ1v) is 14.7. The maximum Gasteiger partial charge on any atom is 0.408 e. The lowest BCUT2D eigenvalue weighted by Gasteiger charge is -2.24. The molecule has 0 aliphatic carbocycles. The minimum atomic E-state index is -1.03. The zero-order valence-corrected chi connectivity index (χ0v) is 27.2. The number of halogens is 1. The van der Waals surface area contributed by atoms with Crippen molar-refractivity contribution >= 4 is 35.6 Å². The maximum absolute atomic E-state index is 14.1. The third-order valence-electron chi connectivity index (χ3n) is 6.45. The van der Waals surface area contributed by atoms with Gasteiger partial charge in [0, 0.05) is 34.1 Å². The van der Waals surface area contributed by atoms with Crippen LogP contribution in [0.15, 0.2) is 66.0 Å². The average Bonchev–Trinajstić information content (AvgIpc) is 3.57. The number of hydrogen-bond acceptors (Lipinski definition) is 8. The monoisotopic (exact) mass is 632 g/mol. The van der Waals surface area contributed by atoms with Gasteiger partial charge in [-0.05, 0) is 89.9 Å². The van der Waals surface area contributed by atoms with Crippen LogP contribution in [0.3, 0.4) is 0 Å². The third-order valence-corrected chi connectivity index (χ3v) is 6.70. The van der Waals surface area contributed by atoms with Gasteiger partial charge in [0.15, 0.2) is 11.5 Å². The van der Waals surface area contributed by atoms with E-state index in [2.05, 4.69) is 22.2 Å². The van der Waals surface area contributed by atoms with E-state index < -0.39 is 29.3 Å². The summed E-state index contributed by atoms with van der Waals surface area (Å²) in [7, 11) is 0. The Hall–Kier alpha value is -4.70. The molecule has 2 aromatic carbocycles. The molecule has 236 valence electrons. The van der Waals surface area contributed by atoms with Gasteiger partial charge in [-0.3, -0.25) is 9.59 Å². The van der Waals surface area contributed by atoms with Crippen LogP contribution in [0.4, 0.5) is 4.79 Å². The van der Waals surface area contributed by atoms with Gasteiger partial charge >= 0.3 is 12.1 Å². The molecule has 0 bridgehead atoms. The van der Waals surface area contributed by atoms with Crippen molar-refractivity contribution in [1.82, 2.24) is 20.3 Å². The summed E-state index contributed by atoms with van der Waals surface area (Å²) in [5.41, 5.74) is 2.07. The van der Waals surface area contributed by atoms with Gasteiger partial charge in [0.2, 0.25) is 0 Å². The molecule has 0 spiro atoms. The fourth-order valence-corrected chi connectivity index (χ4v) is 4.76. The largest absolute Gasteiger partial charge is 0.460 e. The first-order chi connectivity index (χ1) is 21.0. The second kappa shape index (κ2) is 13.1. The first-order valence-electron chi connectivity index (χ1n) is 14.3.